The summed E-state index contributed by atoms with van der Waals surface area (Å²) in [6.07, 6.45) is 2.68. The Balaban J connectivity index is 2.09. The van der Waals surface area contributed by atoms with Crippen molar-refractivity contribution in [2.45, 2.75) is 52.7 Å². The fraction of sp³-hybridized carbons (Fsp3) is 0.714. The van der Waals surface area contributed by atoms with Gasteiger partial charge in [-0.3, -0.25) is 0 Å². The molecule has 1 unspecified atom stereocenters. The molecule has 0 saturated heterocycles. The molecule has 1 atom stereocenters. The molecule has 98 valence electrons. The van der Waals surface area contributed by atoms with E-state index < -0.39 is 0 Å². The van der Waals surface area contributed by atoms with Gasteiger partial charge >= 0.3 is 0 Å². The number of ether oxygens (including phenoxy) is 1. The second-order valence-electron chi connectivity index (χ2n) is 4.77. The Labute approximate surface area is 109 Å². The standard InChI is InChI=1S/C14H25NOS/c1-11(2)16-9-6-5-8-15-13(4)14-12(3)7-10-17-14/h7,10-11,13,15H,5-6,8-9H2,1-4H3. The van der Waals surface area contributed by atoms with Crippen LogP contribution >= 0.6 is 11.3 Å². The maximum Gasteiger partial charge on any atom is 0.0518 e. The molecule has 0 aromatic carbocycles. The van der Waals surface area contributed by atoms with Gasteiger partial charge in [0, 0.05) is 17.5 Å². The van der Waals surface area contributed by atoms with Gasteiger partial charge in [0.2, 0.25) is 0 Å². The van der Waals surface area contributed by atoms with E-state index in [1.54, 1.807) is 0 Å². The van der Waals surface area contributed by atoms with Crippen molar-refractivity contribution in [3.63, 3.8) is 0 Å². The molecule has 0 saturated carbocycles. The largest absolute Gasteiger partial charge is 0.379 e. The van der Waals surface area contributed by atoms with E-state index >= 15 is 0 Å². The molecule has 2 nitrogen and oxygen atoms in total. The lowest BCUT2D eigenvalue weighted by Gasteiger charge is -2.13. The van der Waals surface area contributed by atoms with Crippen molar-refractivity contribution in [2.75, 3.05) is 13.2 Å². The molecule has 0 radical (unpaired) electrons. The van der Waals surface area contributed by atoms with Crippen molar-refractivity contribution in [1.82, 2.24) is 5.32 Å². The van der Waals surface area contributed by atoms with Crippen LogP contribution in [-0.4, -0.2) is 19.3 Å². The zero-order valence-electron chi connectivity index (χ0n) is 11.5. The first kappa shape index (κ1) is 14.7. The van der Waals surface area contributed by atoms with E-state index in [1.807, 2.05) is 11.3 Å². The van der Waals surface area contributed by atoms with Gasteiger partial charge in [-0.2, -0.15) is 0 Å². The Morgan fingerprint density at radius 1 is 1.29 bits per heavy atom. The maximum absolute atomic E-state index is 5.51. The summed E-state index contributed by atoms with van der Waals surface area (Å²) in [7, 11) is 0. The van der Waals surface area contributed by atoms with Crippen LogP contribution < -0.4 is 5.32 Å². The molecule has 0 aliphatic carbocycles. The molecule has 0 bridgehead atoms. The van der Waals surface area contributed by atoms with Crippen molar-refractivity contribution in [2.24, 2.45) is 0 Å². The molecule has 0 aliphatic rings. The van der Waals surface area contributed by atoms with E-state index in [1.165, 1.54) is 16.9 Å². The van der Waals surface area contributed by atoms with Gasteiger partial charge in [0.15, 0.2) is 0 Å². The summed E-state index contributed by atoms with van der Waals surface area (Å²) in [4.78, 5) is 1.46. The molecular weight excluding hydrogens is 230 g/mol. The van der Waals surface area contributed by atoms with E-state index in [0.717, 1.165) is 19.6 Å². The van der Waals surface area contributed by atoms with E-state index in [9.17, 15) is 0 Å². The van der Waals surface area contributed by atoms with Crippen LogP contribution in [0.2, 0.25) is 0 Å². The van der Waals surface area contributed by atoms with E-state index in [-0.39, 0.29) is 0 Å². The Bertz CT molecular complexity index is 309. The summed E-state index contributed by atoms with van der Waals surface area (Å²) in [5, 5.41) is 5.73. The van der Waals surface area contributed by atoms with Crippen LogP contribution in [0.3, 0.4) is 0 Å². The van der Waals surface area contributed by atoms with Gasteiger partial charge in [0.1, 0.15) is 0 Å². The molecule has 17 heavy (non-hydrogen) atoms. The number of hydrogen-bond donors (Lipinski definition) is 1. The SMILES string of the molecule is Cc1ccsc1C(C)NCCCCOC(C)C. The van der Waals surface area contributed by atoms with Gasteiger partial charge in [-0.15, -0.1) is 11.3 Å². The van der Waals surface area contributed by atoms with Crippen LogP contribution in [0.25, 0.3) is 0 Å². The summed E-state index contributed by atoms with van der Waals surface area (Å²) in [5.74, 6) is 0. The summed E-state index contributed by atoms with van der Waals surface area (Å²) in [6.45, 7) is 10.5. The highest BCUT2D eigenvalue weighted by atomic mass is 32.1. The van der Waals surface area contributed by atoms with Gasteiger partial charge in [-0.25, -0.2) is 0 Å². The second-order valence-corrected chi connectivity index (χ2v) is 5.72. The third-order valence-electron chi connectivity index (χ3n) is 2.77. The Hall–Kier alpha value is -0.380. The average Bonchev–Trinajstić information content (AvgIpc) is 2.69. The fourth-order valence-electron chi connectivity index (χ4n) is 1.79. The van der Waals surface area contributed by atoms with Crippen molar-refractivity contribution in [3.8, 4) is 0 Å². The number of rotatable bonds is 8. The fourth-order valence-corrected chi connectivity index (χ4v) is 2.75. The summed E-state index contributed by atoms with van der Waals surface area (Å²) < 4.78 is 5.51. The lowest BCUT2D eigenvalue weighted by atomic mass is 10.2. The summed E-state index contributed by atoms with van der Waals surface area (Å²) in [6, 6.07) is 2.66. The second kappa shape index (κ2) is 7.85. The van der Waals surface area contributed by atoms with Crippen LogP contribution in [0, 0.1) is 6.92 Å². The first-order chi connectivity index (χ1) is 8.11. The normalized spacial score (nSPS) is 13.2. The minimum Gasteiger partial charge on any atom is -0.379 e. The summed E-state index contributed by atoms with van der Waals surface area (Å²) >= 11 is 1.84. The Morgan fingerprint density at radius 3 is 2.65 bits per heavy atom. The minimum atomic E-state index is 0.357. The van der Waals surface area contributed by atoms with Gasteiger partial charge in [-0.05, 0) is 64.1 Å². The molecule has 1 rings (SSSR count). The molecule has 1 heterocycles. The molecule has 0 spiro atoms. The van der Waals surface area contributed by atoms with Crippen molar-refractivity contribution < 1.29 is 4.74 Å². The van der Waals surface area contributed by atoms with Crippen LogP contribution in [0.5, 0.6) is 0 Å². The molecule has 0 aliphatic heterocycles. The third-order valence-corrected chi connectivity index (χ3v) is 3.97. The monoisotopic (exact) mass is 255 g/mol. The minimum absolute atomic E-state index is 0.357. The first-order valence-electron chi connectivity index (χ1n) is 6.50. The number of aryl methyl sites for hydroxylation is 1. The number of nitrogens with one attached hydrogen (secondary N) is 1. The van der Waals surface area contributed by atoms with Crippen LogP contribution in [0.4, 0.5) is 0 Å². The van der Waals surface area contributed by atoms with Crippen LogP contribution in [-0.2, 0) is 4.74 Å². The zero-order chi connectivity index (χ0) is 12.7. The van der Waals surface area contributed by atoms with Crippen molar-refractivity contribution in [1.29, 1.82) is 0 Å². The van der Waals surface area contributed by atoms with Crippen LogP contribution in [0.1, 0.15) is 50.1 Å². The predicted molar refractivity (Wildman–Crippen MR) is 75.8 cm³/mol. The van der Waals surface area contributed by atoms with Crippen LogP contribution in [0.15, 0.2) is 11.4 Å². The van der Waals surface area contributed by atoms with Gasteiger partial charge in [0.25, 0.3) is 0 Å². The highest BCUT2D eigenvalue weighted by Crippen LogP contribution is 2.23. The zero-order valence-corrected chi connectivity index (χ0v) is 12.3. The highest BCUT2D eigenvalue weighted by molar-refractivity contribution is 7.10. The molecule has 3 heteroatoms. The molecule has 0 fully saturated rings. The smallest absolute Gasteiger partial charge is 0.0518 e. The number of thiophene rings is 1. The maximum atomic E-state index is 5.51. The molecule has 1 N–H and O–H groups in total. The lowest BCUT2D eigenvalue weighted by Crippen LogP contribution is -2.20. The van der Waals surface area contributed by atoms with E-state index in [2.05, 4.69) is 44.5 Å². The van der Waals surface area contributed by atoms with Crippen molar-refractivity contribution in [3.05, 3.63) is 21.9 Å². The molecule has 0 amide bonds. The van der Waals surface area contributed by atoms with Gasteiger partial charge in [-0.1, -0.05) is 0 Å². The van der Waals surface area contributed by atoms with Crippen molar-refractivity contribution >= 4 is 11.3 Å². The molecular formula is C14H25NOS. The first-order valence-corrected chi connectivity index (χ1v) is 7.38. The van der Waals surface area contributed by atoms with E-state index in [0.29, 0.717) is 12.1 Å². The quantitative estimate of drug-likeness (QED) is 0.711. The average molecular weight is 255 g/mol. The number of hydrogen-bond acceptors (Lipinski definition) is 3. The predicted octanol–water partition coefficient (Wildman–Crippen LogP) is 3.91. The topological polar surface area (TPSA) is 21.3 Å². The Kier molecular flexibility index (Phi) is 6.78. The molecule has 1 aromatic rings. The Morgan fingerprint density at radius 2 is 2.06 bits per heavy atom. The van der Waals surface area contributed by atoms with Gasteiger partial charge in [0.05, 0.1) is 6.10 Å². The lowest BCUT2D eigenvalue weighted by molar-refractivity contribution is 0.0759. The van der Waals surface area contributed by atoms with Gasteiger partial charge < -0.3 is 10.1 Å². The molecule has 1 aromatic heterocycles. The van der Waals surface area contributed by atoms with E-state index in [4.69, 9.17) is 4.74 Å². The third kappa shape index (κ3) is 5.66. The summed E-state index contributed by atoms with van der Waals surface area (Å²) in [5.41, 5.74) is 1.40. The highest BCUT2D eigenvalue weighted by Gasteiger charge is 2.08. The number of unbranched alkanes of at least 4 members (excludes halogenated alkanes) is 1.